The highest BCUT2D eigenvalue weighted by Crippen LogP contribution is 2.25. The molecule has 4 atom stereocenters. The number of carbonyl (C=O) groups excluding carboxylic acids is 1. The van der Waals surface area contributed by atoms with Crippen LogP contribution < -0.4 is 4.57 Å². The summed E-state index contributed by atoms with van der Waals surface area (Å²) >= 11 is 0. The first kappa shape index (κ1) is 18.5. The minimum atomic E-state index is -1.39. The molecule has 0 amide bonds. The number of aromatic nitrogens is 1. The lowest BCUT2D eigenvalue weighted by Gasteiger charge is -2.12. The van der Waals surface area contributed by atoms with Crippen molar-refractivity contribution in [2.75, 3.05) is 6.61 Å². The minimum Gasteiger partial charge on any atom is -0.478 e. The van der Waals surface area contributed by atoms with Gasteiger partial charge >= 0.3 is 17.9 Å². The van der Waals surface area contributed by atoms with Gasteiger partial charge in [-0.1, -0.05) is 0 Å². The molecule has 25 heavy (non-hydrogen) atoms. The Morgan fingerprint density at radius 2 is 1.92 bits per heavy atom. The van der Waals surface area contributed by atoms with E-state index >= 15 is 0 Å². The van der Waals surface area contributed by atoms with Gasteiger partial charge in [-0.05, 0) is 6.07 Å². The smallest absolute Gasteiger partial charge is 0.341 e. The molecule has 1 aliphatic heterocycles. The molecule has 1 fully saturated rings. The summed E-state index contributed by atoms with van der Waals surface area (Å²) in [6.07, 6.45) is -0.934. The first-order valence-electron chi connectivity index (χ1n) is 7.13. The van der Waals surface area contributed by atoms with Crippen LogP contribution in [-0.4, -0.2) is 63.3 Å². The Kier molecular flexibility index (Phi) is 5.80. The second-order valence-corrected chi connectivity index (χ2v) is 5.19. The van der Waals surface area contributed by atoms with E-state index in [4.69, 9.17) is 19.7 Å². The summed E-state index contributed by atoms with van der Waals surface area (Å²) in [5.41, 5.74) is -0.0403. The SMILES string of the molecule is O=C(O)/C=C/C(=O)OC[C@H]1O[C@@H]([n+]2cccc(C(=O)O)c2)[C@H](O)[C@@H]1O. The topological polar surface area (TPSA) is 154 Å². The maximum atomic E-state index is 11.3. The van der Waals surface area contributed by atoms with Crippen LogP contribution in [0.25, 0.3) is 0 Å². The number of pyridine rings is 1. The van der Waals surface area contributed by atoms with Crippen LogP contribution in [0.2, 0.25) is 0 Å². The lowest BCUT2D eigenvalue weighted by atomic mass is 10.1. The zero-order chi connectivity index (χ0) is 18.6. The molecular weight excluding hydrogens is 338 g/mol. The molecule has 0 spiro atoms. The summed E-state index contributed by atoms with van der Waals surface area (Å²) < 4.78 is 11.5. The van der Waals surface area contributed by atoms with E-state index in [1.54, 1.807) is 0 Å². The Bertz CT molecular complexity index is 702. The van der Waals surface area contributed by atoms with Gasteiger partial charge in [0.2, 0.25) is 0 Å². The van der Waals surface area contributed by atoms with Crippen molar-refractivity contribution in [3.05, 3.63) is 42.2 Å². The van der Waals surface area contributed by atoms with Crippen molar-refractivity contribution in [2.24, 2.45) is 0 Å². The van der Waals surface area contributed by atoms with Gasteiger partial charge in [-0.25, -0.2) is 14.4 Å². The molecule has 1 aromatic rings. The maximum Gasteiger partial charge on any atom is 0.341 e. The minimum absolute atomic E-state index is 0.0403. The summed E-state index contributed by atoms with van der Waals surface area (Å²) in [5, 5.41) is 37.5. The van der Waals surface area contributed by atoms with Gasteiger partial charge in [0.1, 0.15) is 24.4 Å². The number of esters is 1. The molecular formula is C15H16NO9+. The third kappa shape index (κ3) is 4.59. The molecule has 0 unspecified atom stereocenters. The highest BCUT2D eigenvalue weighted by atomic mass is 16.6. The van der Waals surface area contributed by atoms with Crippen LogP contribution in [0.4, 0.5) is 0 Å². The summed E-state index contributed by atoms with van der Waals surface area (Å²) in [5.74, 6) is -3.44. The van der Waals surface area contributed by atoms with E-state index < -0.39 is 49.1 Å². The lowest BCUT2D eigenvalue weighted by Crippen LogP contribution is -2.46. The Balaban J connectivity index is 2.03. The average molecular weight is 354 g/mol. The monoisotopic (exact) mass is 354 g/mol. The van der Waals surface area contributed by atoms with Gasteiger partial charge in [-0.15, -0.1) is 0 Å². The Hall–Kier alpha value is -2.82. The number of carbonyl (C=O) groups is 3. The van der Waals surface area contributed by atoms with Gasteiger partial charge in [0.05, 0.1) is 0 Å². The molecule has 2 heterocycles. The average Bonchev–Trinajstić information content (AvgIpc) is 2.86. The molecule has 1 saturated heterocycles. The number of aliphatic hydroxyl groups excluding tert-OH is 2. The number of hydrogen-bond acceptors (Lipinski definition) is 7. The summed E-state index contributed by atoms with van der Waals surface area (Å²) in [6.45, 7) is -0.420. The van der Waals surface area contributed by atoms with Gasteiger partial charge in [-0.3, -0.25) is 0 Å². The number of rotatable bonds is 6. The van der Waals surface area contributed by atoms with Crippen molar-refractivity contribution in [1.29, 1.82) is 0 Å². The standard InChI is InChI=1S/C15H15NO9/c17-10(18)3-4-11(19)24-7-9-12(20)13(21)14(25-9)16-5-1-2-8(6-16)15(22)23/h1-6,9,12-14,20-21H,7H2,(H-,17,18,22,23)/p+1/b4-3+/t9-,12-,13-,14-/m1/s1. The van der Waals surface area contributed by atoms with Gasteiger partial charge in [-0.2, -0.15) is 4.57 Å². The Labute approximate surface area is 141 Å². The van der Waals surface area contributed by atoms with Crippen molar-refractivity contribution in [3.63, 3.8) is 0 Å². The summed E-state index contributed by atoms with van der Waals surface area (Å²) in [7, 11) is 0. The Morgan fingerprint density at radius 3 is 2.56 bits per heavy atom. The molecule has 0 bridgehead atoms. The van der Waals surface area contributed by atoms with Crippen LogP contribution in [0.3, 0.4) is 0 Å². The zero-order valence-electron chi connectivity index (χ0n) is 12.8. The number of ether oxygens (including phenoxy) is 2. The normalized spacial score (nSPS) is 25.8. The number of aromatic carboxylic acids is 1. The molecule has 10 nitrogen and oxygen atoms in total. The van der Waals surface area contributed by atoms with Crippen LogP contribution in [0.15, 0.2) is 36.7 Å². The molecule has 0 aliphatic carbocycles. The maximum absolute atomic E-state index is 11.3. The number of aliphatic carboxylic acids is 1. The van der Waals surface area contributed by atoms with Crippen LogP contribution in [0, 0.1) is 0 Å². The van der Waals surface area contributed by atoms with E-state index in [-0.39, 0.29) is 5.56 Å². The molecule has 1 aromatic heterocycles. The second-order valence-electron chi connectivity index (χ2n) is 5.19. The molecule has 4 N–H and O–H groups in total. The van der Waals surface area contributed by atoms with E-state index in [1.807, 2.05) is 0 Å². The fourth-order valence-electron chi connectivity index (χ4n) is 2.24. The van der Waals surface area contributed by atoms with E-state index in [2.05, 4.69) is 0 Å². The van der Waals surface area contributed by atoms with Crippen LogP contribution in [0.5, 0.6) is 0 Å². The third-order valence-electron chi connectivity index (χ3n) is 3.45. The third-order valence-corrected chi connectivity index (χ3v) is 3.45. The number of hydrogen-bond donors (Lipinski definition) is 4. The van der Waals surface area contributed by atoms with Gasteiger partial charge < -0.3 is 29.9 Å². The fraction of sp³-hybridized carbons (Fsp3) is 0.333. The Morgan fingerprint density at radius 1 is 1.20 bits per heavy atom. The van der Waals surface area contributed by atoms with Crippen molar-refractivity contribution in [2.45, 2.75) is 24.5 Å². The number of nitrogens with zero attached hydrogens (tertiary/aromatic N) is 1. The van der Waals surface area contributed by atoms with Crippen molar-refractivity contribution in [3.8, 4) is 0 Å². The molecule has 1 aliphatic rings. The molecule has 0 radical (unpaired) electrons. The molecule has 134 valence electrons. The number of carboxylic acid groups (broad SMARTS) is 2. The van der Waals surface area contributed by atoms with Gasteiger partial charge in [0.25, 0.3) is 6.23 Å². The number of carboxylic acids is 2. The zero-order valence-corrected chi connectivity index (χ0v) is 12.8. The highest BCUT2D eigenvalue weighted by molar-refractivity contribution is 5.90. The van der Waals surface area contributed by atoms with Crippen LogP contribution in [0.1, 0.15) is 16.6 Å². The number of aliphatic hydroxyl groups is 2. The summed E-state index contributed by atoms with van der Waals surface area (Å²) in [4.78, 5) is 32.6. The fourth-order valence-corrected chi connectivity index (χ4v) is 2.24. The molecule has 10 heteroatoms. The second kappa shape index (κ2) is 7.83. The van der Waals surface area contributed by atoms with Gasteiger partial charge in [0, 0.05) is 18.2 Å². The molecule has 0 saturated carbocycles. The summed E-state index contributed by atoms with van der Waals surface area (Å²) in [6, 6.07) is 2.79. The first-order valence-corrected chi connectivity index (χ1v) is 7.13. The van der Waals surface area contributed by atoms with Crippen LogP contribution >= 0.6 is 0 Å². The van der Waals surface area contributed by atoms with E-state index in [9.17, 15) is 24.6 Å². The van der Waals surface area contributed by atoms with E-state index in [1.165, 1.54) is 29.1 Å². The quantitative estimate of drug-likeness (QED) is 0.271. The molecule has 0 aromatic carbocycles. The lowest BCUT2D eigenvalue weighted by molar-refractivity contribution is -0.765. The van der Waals surface area contributed by atoms with Crippen molar-refractivity contribution in [1.82, 2.24) is 0 Å². The first-order chi connectivity index (χ1) is 11.8. The van der Waals surface area contributed by atoms with E-state index in [0.29, 0.717) is 12.2 Å². The van der Waals surface area contributed by atoms with Gasteiger partial charge in [0.15, 0.2) is 18.5 Å². The molecule has 2 rings (SSSR count). The predicted octanol–water partition coefficient (Wildman–Crippen LogP) is -1.52. The predicted molar refractivity (Wildman–Crippen MR) is 77.3 cm³/mol. The van der Waals surface area contributed by atoms with Crippen molar-refractivity contribution < 1.29 is 48.9 Å². The highest BCUT2D eigenvalue weighted by Gasteiger charge is 2.48. The van der Waals surface area contributed by atoms with Crippen LogP contribution in [-0.2, 0) is 19.1 Å². The van der Waals surface area contributed by atoms with Crippen molar-refractivity contribution >= 4 is 17.9 Å². The van der Waals surface area contributed by atoms with E-state index in [0.717, 1.165) is 0 Å². The largest absolute Gasteiger partial charge is 0.478 e.